The topological polar surface area (TPSA) is 0 Å². The summed E-state index contributed by atoms with van der Waals surface area (Å²) in [5, 5.41) is 7.62. The molecule has 0 spiro atoms. The van der Waals surface area contributed by atoms with Gasteiger partial charge in [0.15, 0.2) is 0 Å². The van der Waals surface area contributed by atoms with E-state index in [9.17, 15) is 0 Å². The third kappa shape index (κ3) is 8.20. The maximum Gasteiger partial charge on any atom is 0.140 e. The Morgan fingerprint density at radius 1 is 0.618 bits per heavy atom. The van der Waals surface area contributed by atoms with E-state index in [0.29, 0.717) is 0 Å². The molecule has 0 saturated carbocycles. The Kier molecular flexibility index (Phi) is 11.4. The average molecular weight is 909 g/mol. The number of rotatable bonds is 8. The molecule has 0 aromatic heterocycles. The van der Waals surface area contributed by atoms with E-state index in [-0.39, 0.29) is 5.92 Å². The van der Waals surface area contributed by atoms with Crippen LogP contribution in [0, 0.1) is 5.92 Å². The summed E-state index contributed by atoms with van der Waals surface area (Å²) < 4.78 is 0. The fourth-order valence-electron chi connectivity index (χ4n) is 11.5. The lowest BCUT2D eigenvalue weighted by Crippen LogP contribution is -2.13. The molecule has 1 heterocycles. The van der Waals surface area contributed by atoms with Crippen molar-refractivity contribution in [1.82, 2.24) is 0 Å². The molecule has 0 nitrogen and oxygen atoms in total. The number of thioether (sulfide) groups is 1. The van der Waals surface area contributed by atoms with E-state index in [4.69, 9.17) is 12.2 Å². The first-order chi connectivity index (χ1) is 33.4. The quantitative estimate of drug-likeness (QED) is 0.0645. The molecule has 0 fully saturated rings. The molecule has 328 valence electrons. The van der Waals surface area contributed by atoms with Gasteiger partial charge in [-0.05, 0) is 188 Å². The van der Waals surface area contributed by atoms with Gasteiger partial charge in [-0.2, -0.15) is 0 Å². The molecule has 7 aromatic rings. The SMILES string of the molecule is BC1=C(/C=C2\CCC(C(=C\C(=S)c3ccc4ccccc4c3)/C3C=Cc4ccccc4C3)=C2C)CCC/C1=C\C1=C2SC(c3ccc4ccccc4c3)=CC(c3ccc4ccccc4c3)=C2CC1. The van der Waals surface area contributed by atoms with Gasteiger partial charge in [0.2, 0.25) is 0 Å². The minimum Gasteiger partial charge on any atom is -0.0888 e. The highest BCUT2D eigenvalue weighted by Crippen LogP contribution is 2.54. The van der Waals surface area contributed by atoms with E-state index in [2.05, 4.69) is 203 Å². The minimum atomic E-state index is 0.272. The second-order valence-electron chi connectivity index (χ2n) is 19.3. The number of hydrogen-bond donors (Lipinski definition) is 0. The third-order valence-electron chi connectivity index (χ3n) is 15.3. The van der Waals surface area contributed by atoms with E-state index in [1.807, 2.05) is 11.8 Å². The molecule has 12 rings (SSSR count). The normalized spacial score (nSPS) is 19.8. The van der Waals surface area contributed by atoms with Gasteiger partial charge in [0, 0.05) is 20.6 Å². The summed E-state index contributed by atoms with van der Waals surface area (Å²) in [5.41, 5.74) is 21.1. The molecule has 1 aliphatic heterocycles. The average Bonchev–Trinajstić information content (AvgIpc) is 3.97. The van der Waals surface area contributed by atoms with Gasteiger partial charge in [0.25, 0.3) is 0 Å². The van der Waals surface area contributed by atoms with Crippen molar-refractivity contribution in [1.29, 1.82) is 0 Å². The lowest BCUT2D eigenvalue weighted by Gasteiger charge is -2.24. The zero-order chi connectivity index (χ0) is 45.7. The van der Waals surface area contributed by atoms with Crippen molar-refractivity contribution in [3.63, 3.8) is 0 Å². The maximum absolute atomic E-state index is 6.30. The Hall–Kier alpha value is -6.52. The first-order valence-corrected chi connectivity index (χ1v) is 25.8. The lowest BCUT2D eigenvalue weighted by atomic mass is 9.75. The predicted octanol–water partition coefficient (Wildman–Crippen LogP) is 17.0. The molecule has 0 amide bonds. The maximum atomic E-state index is 6.30. The molecule has 5 aliphatic rings. The Morgan fingerprint density at radius 3 is 2.03 bits per heavy atom. The van der Waals surface area contributed by atoms with Gasteiger partial charge in [0.05, 0.1) is 0 Å². The monoisotopic (exact) mass is 908 g/mol. The Labute approximate surface area is 412 Å². The van der Waals surface area contributed by atoms with Crippen LogP contribution in [0.1, 0.15) is 79.7 Å². The van der Waals surface area contributed by atoms with Crippen LogP contribution in [0.3, 0.4) is 0 Å². The van der Waals surface area contributed by atoms with Crippen LogP contribution >= 0.6 is 24.0 Å². The Morgan fingerprint density at radius 2 is 1.26 bits per heavy atom. The standard InChI is InChI=1S/C65H53BS2/c1-41-46(29-31-58(41)60(51-25-21-42-11-2-6-15-47(42)34-51)39-62(67)53-27-23-44-13-4-8-17-49(44)36-53)33-55-19-10-20-56(64(55)66)38-57-30-32-59-61(52-26-22-43-12-3-7-16-48(43)35-52)40-63(68-65(57)59)54-28-24-45-14-5-9-18-50(45)37-54/h2-9,11-18,21-28,33,35-40,51H,10,19-20,29-32,34,66H2,1H3/b46-33+,56-38+,60-39-. The van der Waals surface area contributed by atoms with Crippen LogP contribution in [-0.2, 0) is 6.42 Å². The van der Waals surface area contributed by atoms with E-state index in [1.54, 1.807) is 0 Å². The Bertz CT molecular complexity index is 3570. The molecule has 4 aliphatic carbocycles. The van der Waals surface area contributed by atoms with Crippen molar-refractivity contribution in [3.8, 4) is 0 Å². The van der Waals surface area contributed by atoms with Crippen molar-refractivity contribution in [3.05, 3.63) is 265 Å². The molecule has 0 bridgehead atoms. The van der Waals surface area contributed by atoms with Crippen LogP contribution in [0.2, 0.25) is 0 Å². The fourth-order valence-corrected chi connectivity index (χ4v) is 13.0. The molecule has 0 saturated heterocycles. The number of fused-ring (bicyclic) bond motifs is 5. The first-order valence-electron chi connectivity index (χ1n) is 24.6. The van der Waals surface area contributed by atoms with Gasteiger partial charge in [-0.25, -0.2) is 0 Å². The smallest absolute Gasteiger partial charge is 0.0888 e. The number of thiocarbonyl (C=S) groups is 1. The van der Waals surface area contributed by atoms with E-state index in [1.165, 1.54) is 126 Å². The van der Waals surface area contributed by atoms with Crippen LogP contribution in [0.25, 0.3) is 48.9 Å². The zero-order valence-electron chi connectivity index (χ0n) is 38.9. The predicted molar refractivity (Wildman–Crippen MR) is 301 cm³/mol. The van der Waals surface area contributed by atoms with Crippen LogP contribution < -0.4 is 0 Å². The van der Waals surface area contributed by atoms with Crippen molar-refractivity contribution in [2.45, 2.75) is 58.3 Å². The largest absolute Gasteiger partial charge is 0.140 e. The summed E-state index contributed by atoms with van der Waals surface area (Å²) in [6.45, 7) is 2.38. The van der Waals surface area contributed by atoms with Crippen molar-refractivity contribution in [2.75, 3.05) is 0 Å². The molecule has 1 atom stereocenters. The summed E-state index contributed by atoms with van der Waals surface area (Å²) in [6, 6.07) is 55.6. The molecule has 3 heteroatoms. The van der Waals surface area contributed by atoms with Gasteiger partial charge < -0.3 is 0 Å². The Balaban J connectivity index is 0.902. The molecular weight excluding hydrogens is 856 g/mol. The van der Waals surface area contributed by atoms with Gasteiger partial charge in [-0.3, -0.25) is 0 Å². The molecule has 7 aromatic carbocycles. The second kappa shape index (κ2) is 18.2. The summed E-state index contributed by atoms with van der Waals surface area (Å²) in [5.74, 6) is 0.272. The molecular formula is C65H53BS2. The van der Waals surface area contributed by atoms with Crippen LogP contribution in [0.5, 0.6) is 0 Å². The van der Waals surface area contributed by atoms with E-state index >= 15 is 0 Å². The van der Waals surface area contributed by atoms with Crippen LogP contribution in [0.15, 0.2) is 237 Å². The number of allylic oxidation sites excluding steroid dienone is 15. The zero-order valence-corrected chi connectivity index (χ0v) is 40.6. The van der Waals surface area contributed by atoms with Crippen molar-refractivity contribution in [2.24, 2.45) is 5.92 Å². The van der Waals surface area contributed by atoms with Gasteiger partial charge >= 0.3 is 0 Å². The highest BCUT2D eigenvalue weighted by molar-refractivity contribution is 8.12. The van der Waals surface area contributed by atoms with Gasteiger partial charge in [-0.15, -0.1) is 0 Å². The highest BCUT2D eigenvalue weighted by atomic mass is 32.2. The minimum absolute atomic E-state index is 0.272. The summed E-state index contributed by atoms with van der Waals surface area (Å²) in [4.78, 5) is 3.71. The molecule has 1 unspecified atom stereocenters. The number of hydrogen-bond acceptors (Lipinski definition) is 2. The molecule has 68 heavy (non-hydrogen) atoms. The highest BCUT2D eigenvalue weighted by Gasteiger charge is 2.30. The summed E-state index contributed by atoms with van der Waals surface area (Å²) >= 11 is 8.29. The van der Waals surface area contributed by atoms with Crippen molar-refractivity contribution >= 4 is 85.6 Å². The number of benzene rings is 7. The van der Waals surface area contributed by atoms with Crippen molar-refractivity contribution < 1.29 is 0 Å². The van der Waals surface area contributed by atoms with Crippen LogP contribution in [0.4, 0.5) is 0 Å². The van der Waals surface area contributed by atoms with Gasteiger partial charge in [-0.1, -0.05) is 198 Å². The molecule has 0 radical (unpaired) electrons. The fraction of sp³-hybridized carbons (Fsp3) is 0.154. The van der Waals surface area contributed by atoms with Crippen LogP contribution in [-0.4, -0.2) is 12.7 Å². The third-order valence-corrected chi connectivity index (χ3v) is 17.0. The van der Waals surface area contributed by atoms with Gasteiger partial charge in [0.1, 0.15) is 7.85 Å². The summed E-state index contributed by atoms with van der Waals surface area (Å²) in [6.07, 6.45) is 23.4. The first kappa shape index (κ1) is 42.8. The lowest BCUT2D eigenvalue weighted by molar-refractivity contribution is 0.744. The second-order valence-corrected chi connectivity index (χ2v) is 20.8. The van der Waals surface area contributed by atoms with E-state index in [0.717, 1.165) is 55.4 Å². The summed E-state index contributed by atoms with van der Waals surface area (Å²) in [7, 11) is 2.40. The molecule has 0 N–H and O–H groups in total. The van der Waals surface area contributed by atoms with E-state index < -0.39 is 0 Å².